The van der Waals surface area contributed by atoms with Crippen molar-refractivity contribution in [3.63, 3.8) is 0 Å². The van der Waals surface area contributed by atoms with E-state index in [0.717, 1.165) is 12.8 Å². The minimum absolute atomic E-state index is 0.0679. The number of aliphatic hydroxyl groups excluding tert-OH is 1. The summed E-state index contributed by atoms with van der Waals surface area (Å²) in [5.41, 5.74) is 0.674. The minimum Gasteiger partial charge on any atom is -0.497 e. The smallest absolute Gasteiger partial charge is 0.254 e. The van der Waals surface area contributed by atoms with Crippen LogP contribution in [0.2, 0.25) is 0 Å². The van der Waals surface area contributed by atoms with Crippen LogP contribution in [-0.2, 0) is 0 Å². The molecule has 19 heavy (non-hydrogen) atoms. The first-order valence-corrected chi connectivity index (χ1v) is 6.84. The van der Waals surface area contributed by atoms with E-state index in [2.05, 4.69) is 0 Å². The van der Waals surface area contributed by atoms with Gasteiger partial charge in [-0.25, -0.2) is 0 Å². The zero-order chi connectivity index (χ0) is 13.4. The van der Waals surface area contributed by atoms with Gasteiger partial charge >= 0.3 is 0 Å². The Kier molecular flexibility index (Phi) is 3.19. The number of carbonyl (C=O) groups is 1. The molecule has 2 unspecified atom stereocenters. The number of rotatable bonds is 2. The van der Waals surface area contributed by atoms with Crippen LogP contribution < -0.4 is 4.74 Å². The number of methoxy groups -OCH3 is 1. The van der Waals surface area contributed by atoms with Crippen LogP contribution in [0, 0.1) is 0 Å². The predicted octanol–water partition coefficient (Wildman–Crippen LogP) is 1.82. The van der Waals surface area contributed by atoms with Crippen molar-refractivity contribution in [3.8, 4) is 5.75 Å². The number of aliphatic hydroxyl groups is 1. The fourth-order valence-corrected chi connectivity index (χ4v) is 3.39. The lowest BCUT2D eigenvalue weighted by molar-refractivity contribution is 0.0286. The van der Waals surface area contributed by atoms with Gasteiger partial charge in [-0.15, -0.1) is 0 Å². The summed E-state index contributed by atoms with van der Waals surface area (Å²) in [6.07, 6.45) is 3.21. The Bertz CT molecular complexity index is 474. The SMILES string of the molecule is COc1cccc(C(=O)N2C3CCC2CC(O)C3)c1. The number of nitrogens with zero attached hydrogens (tertiary/aromatic N) is 1. The van der Waals surface area contributed by atoms with Crippen molar-refractivity contribution in [2.75, 3.05) is 7.11 Å². The molecule has 0 spiro atoms. The topological polar surface area (TPSA) is 49.8 Å². The van der Waals surface area contributed by atoms with E-state index in [1.165, 1.54) is 0 Å². The summed E-state index contributed by atoms with van der Waals surface area (Å²) < 4.78 is 5.17. The summed E-state index contributed by atoms with van der Waals surface area (Å²) in [5.74, 6) is 0.772. The quantitative estimate of drug-likeness (QED) is 0.883. The normalized spacial score (nSPS) is 29.4. The summed E-state index contributed by atoms with van der Waals surface area (Å²) in [6.45, 7) is 0. The molecule has 1 amide bonds. The Morgan fingerprint density at radius 3 is 2.63 bits per heavy atom. The van der Waals surface area contributed by atoms with Crippen molar-refractivity contribution < 1.29 is 14.6 Å². The maximum atomic E-state index is 12.6. The second-order valence-electron chi connectivity index (χ2n) is 5.45. The van der Waals surface area contributed by atoms with Crippen molar-refractivity contribution in [3.05, 3.63) is 29.8 Å². The number of piperidine rings is 1. The molecule has 2 atom stereocenters. The molecule has 2 saturated heterocycles. The predicted molar refractivity (Wildman–Crippen MR) is 71.2 cm³/mol. The standard InChI is InChI=1S/C15H19NO3/c1-19-14-4-2-3-10(7-14)15(18)16-11-5-6-12(16)9-13(17)8-11/h2-4,7,11-13,17H,5-6,8-9H2,1H3. The summed E-state index contributed by atoms with van der Waals surface area (Å²) >= 11 is 0. The second kappa shape index (κ2) is 4.85. The van der Waals surface area contributed by atoms with Crippen molar-refractivity contribution in [2.24, 2.45) is 0 Å². The van der Waals surface area contributed by atoms with Crippen molar-refractivity contribution >= 4 is 5.91 Å². The maximum absolute atomic E-state index is 12.6. The number of carbonyl (C=O) groups excluding carboxylic acids is 1. The molecule has 1 aromatic carbocycles. The molecule has 2 aliphatic rings. The lowest BCUT2D eigenvalue weighted by Gasteiger charge is -2.37. The Hall–Kier alpha value is -1.55. The van der Waals surface area contributed by atoms with E-state index in [0.29, 0.717) is 24.2 Å². The van der Waals surface area contributed by atoms with Crippen LogP contribution in [0.1, 0.15) is 36.0 Å². The number of amides is 1. The van der Waals surface area contributed by atoms with Gasteiger partial charge in [0.2, 0.25) is 0 Å². The lowest BCUT2D eigenvalue weighted by Crippen LogP contribution is -2.47. The van der Waals surface area contributed by atoms with E-state index < -0.39 is 0 Å². The first kappa shape index (κ1) is 12.5. The summed E-state index contributed by atoms with van der Waals surface area (Å²) in [5, 5.41) is 9.78. The third-order valence-corrected chi connectivity index (χ3v) is 4.26. The van der Waals surface area contributed by atoms with Crippen LogP contribution in [-0.4, -0.2) is 41.2 Å². The molecule has 3 rings (SSSR count). The average Bonchev–Trinajstić information content (AvgIpc) is 2.70. The highest BCUT2D eigenvalue weighted by molar-refractivity contribution is 5.95. The van der Waals surface area contributed by atoms with Gasteiger partial charge in [0.05, 0.1) is 13.2 Å². The number of benzene rings is 1. The van der Waals surface area contributed by atoms with E-state index in [1.54, 1.807) is 13.2 Å². The van der Waals surface area contributed by atoms with Gasteiger partial charge in [-0.1, -0.05) is 6.07 Å². The number of hydrogen-bond acceptors (Lipinski definition) is 3. The molecule has 2 bridgehead atoms. The first-order chi connectivity index (χ1) is 9.19. The number of ether oxygens (including phenoxy) is 1. The Morgan fingerprint density at radius 2 is 2.00 bits per heavy atom. The Labute approximate surface area is 113 Å². The van der Waals surface area contributed by atoms with Crippen molar-refractivity contribution in [2.45, 2.75) is 43.9 Å². The monoisotopic (exact) mass is 261 g/mol. The number of hydrogen-bond donors (Lipinski definition) is 1. The van der Waals surface area contributed by atoms with Crippen LogP contribution in [0.4, 0.5) is 0 Å². The third kappa shape index (κ3) is 2.21. The summed E-state index contributed by atoms with van der Waals surface area (Å²) in [6, 6.07) is 7.69. The molecule has 0 aromatic heterocycles. The Balaban J connectivity index is 1.84. The molecule has 1 aromatic rings. The van der Waals surface area contributed by atoms with Gasteiger partial charge in [0.15, 0.2) is 0 Å². The van der Waals surface area contributed by atoms with E-state index in [4.69, 9.17) is 4.74 Å². The van der Waals surface area contributed by atoms with Crippen LogP contribution in [0.25, 0.3) is 0 Å². The maximum Gasteiger partial charge on any atom is 0.254 e. The summed E-state index contributed by atoms with van der Waals surface area (Å²) in [4.78, 5) is 14.6. The zero-order valence-corrected chi connectivity index (χ0v) is 11.1. The van der Waals surface area contributed by atoms with Crippen LogP contribution >= 0.6 is 0 Å². The lowest BCUT2D eigenvalue weighted by atomic mass is 9.98. The third-order valence-electron chi connectivity index (χ3n) is 4.26. The highest BCUT2D eigenvalue weighted by atomic mass is 16.5. The second-order valence-corrected chi connectivity index (χ2v) is 5.45. The molecule has 0 aliphatic carbocycles. The van der Waals surface area contributed by atoms with Gasteiger partial charge in [-0.05, 0) is 43.9 Å². The van der Waals surface area contributed by atoms with Crippen LogP contribution in [0.3, 0.4) is 0 Å². The van der Waals surface area contributed by atoms with Gasteiger partial charge in [0, 0.05) is 17.6 Å². The van der Waals surface area contributed by atoms with Crippen molar-refractivity contribution in [1.82, 2.24) is 4.90 Å². The Morgan fingerprint density at radius 1 is 1.32 bits per heavy atom. The van der Waals surface area contributed by atoms with E-state index in [1.807, 2.05) is 23.1 Å². The minimum atomic E-state index is -0.244. The molecule has 4 heteroatoms. The fraction of sp³-hybridized carbons (Fsp3) is 0.533. The van der Waals surface area contributed by atoms with Crippen molar-refractivity contribution in [1.29, 1.82) is 0 Å². The van der Waals surface area contributed by atoms with E-state index in [9.17, 15) is 9.90 Å². The highest BCUT2D eigenvalue weighted by Gasteiger charge is 2.42. The molecule has 102 valence electrons. The molecule has 2 aliphatic heterocycles. The summed E-state index contributed by atoms with van der Waals surface area (Å²) in [7, 11) is 1.60. The van der Waals surface area contributed by atoms with Gasteiger partial charge in [0.1, 0.15) is 5.75 Å². The highest BCUT2D eigenvalue weighted by Crippen LogP contribution is 2.36. The molecule has 1 N–H and O–H groups in total. The van der Waals surface area contributed by atoms with E-state index in [-0.39, 0.29) is 24.1 Å². The largest absolute Gasteiger partial charge is 0.497 e. The average molecular weight is 261 g/mol. The van der Waals surface area contributed by atoms with Crippen LogP contribution in [0.15, 0.2) is 24.3 Å². The van der Waals surface area contributed by atoms with Gasteiger partial charge in [-0.2, -0.15) is 0 Å². The number of fused-ring (bicyclic) bond motifs is 2. The van der Waals surface area contributed by atoms with E-state index >= 15 is 0 Å². The first-order valence-electron chi connectivity index (χ1n) is 6.84. The molecule has 2 heterocycles. The molecule has 0 radical (unpaired) electrons. The molecular formula is C15H19NO3. The van der Waals surface area contributed by atoms with Crippen LogP contribution in [0.5, 0.6) is 5.75 Å². The molecular weight excluding hydrogens is 242 g/mol. The zero-order valence-electron chi connectivity index (χ0n) is 11.1. The van der Waals surface area contributed by atoms with Gasteiger partial charge in [0.25, 0.3) is 5.91 Å². The molecule has 0 saturated carbocycles. The molecule has 2 fully saturated rings. The van der Waals surface area contributed by atoms with Gasteiger partial charge in [-0.3, -0.25) is 4.79 Å². The molecule has 4 nitrogen and oxygen atoms in total. The van der Waals surface area contributed by atoms with Gasteiger partial charge < -0.3 is 14.7 Å². The fourth-order valence-electron chi connectivity index (χ4n) is 3.39.